The average Bonchev–Trinajstić information content (AvgIpc) is 2.36. The molecular formula is C9H16FKN-. The first-order chi connectivity index (χ1) is 4.88. The molecule has 0 aromatic rings. The third-order valence-corrected chi connectivity index (χ3v) is 2.01. The topological polar surface area (TPSA) is 3.24 Å². The molecule has 0 spiro atoms. The third kappa shape index (κ3) is 4.49. The summed E-state index contributed by atoms with van der Waals surface area (Å²) in [6.45, 7) is 6.65. The van der Waals surface area contributed by atoms with Crippen molar-refractivity contribution in [1.82, 2.24) is 4.90 Å². The smallest absolute Gasteiger partial charge is 0.516 e. The third-order valence-electron chi connectivity index (χ3n) is 2.01. The average molecular weight is 196 g/mol. The second-order valence-corrected chi connectivity index (χ2v) is 2.63. The van der Waals surface area contributed by atoms with Crippen LogP contribution in [0.4, 0.5) is 4.39 Å². The van der Waals surface area contributed by atoms with Gasteiger partial charge in [-0.15, -0.1) is 0 Å². The molecule has 1 saturated heterocycles. The van der Waals surface area contributed by atoms with Crippen molar-refractivity contribution in [2.24, 2.45) is 0 Å². The van der Waals surface area contributed by atoms with E-state index in [2.05, 4.69) is 4.90 Å². The van der Waals surface area contributed by atoms with E-state index in [-0.39, 0.29) is 65.5 Å². The minimum Gasteiger partial charge on any atom is -0.516 e. The van der Waals surface area contributed by atoms with Gasteiger partial charge in [0.2, 0.25) is 0 Å². The summed E-state index contributed by atoms with van der Waals surface area (Å²) >= 11 is 0. The van der Waals surface area contributed by atoms with Crippen LogP contribution in [0.25, 0.3) is 0 Å². The Kier molecular flexibility index (Phi) is 11.6. The predicted molar refractivity (Wildman–Crippen MR) is 45.9 cm³/mol. The SMILES string of the molecule is [CH-]=CC1CCCN1CCF.[CH3-].[K+]. The Labute approximate surface area is 118 Å². The molecule has 0 aliphatic carbocycles. The van der Waals surface area contributed by atoms with Crippen LogP contribution < -0.4 is 51.4 Å². The summed E-state index contributed by atoms with van der Waals surface area (Å²) in [7, 11) is 0. The fraction of sp³-hybridized carbons (Fsp3) is 0.667. The summed E-state index contributed by atoms with van der Waals surface area (Å²) in [4.78, 5) is 2.08. The van der Waals surface area contributed by atoms with E-state index in [1.54, 1.807) is 6.08 Å². The summed E-state index contributed by atoms with van der Waals surface area (Å²) in [5.74, 6) is 0. The quantitative estimate of drug-likeness (QED) is 0.408. The molecule has 1 atom stereocenters. The zero-order chi connectivity index (χ0) is 7.40. The standard InChI is InChI=1S/C8H13FN.CH3.K/c1-2-8-4-3-6-10(8)7-5-9;;/h1-2,8H,3-7H2;1H3;/q2*-1;+1. The fourth-order valence-corrected chi connectivity index (χ4v) is 1.46. The molecule has 0 amide bonds. The van der Waals surface area contributed by atoms with Gasteiger partial charge in [0.1, 0.15) is 6.67 Å². The molecule has 1 aliphatic heterocycles. The maximum absolute atomic E-state index is 11.9. The van der Waals surface area contributed by atoms with E-state index in [0.717, 1.165) is 19.4 Å². The van der Waals surface area contributed by atoms with Gasteiger partial charge in [-0.1, -0.05) is 0 Å². The normalized spacial score (nSPS) is 22.6. The predicted octanol–water partition coefficient (Wildman–Crippen LogP) is -1.14. The van der Waals surface area contributed by atoms with Crippen LogP contribution in [0.15, 0.2) is 6.08 Å². The van der Waals surface area contributed by atoms with Crippen molar-refractivity contribution < 1.29 is 55.8 Å². The molecule has 0 N–H and O–H groups in total. The molecule has 1 rings (SSSR count). The molecule has 0 aromatic carbocycles. The van der Waals surface area contributed by atoms with E-state index in [1.807, 2.05) is 0 Å². The van der Waals surface area contributed by atoms with Crippen LogP contribution in [0.5, 0.6) is 0 Å². The number of hydrogen-bond donors (Lipinski definition) is 0. The van der Waals surface area contributed by atoms with E-state index in [4.69, 9.17) is 6.58 Å². The number of rotatable bonds is 3. The Hall–Kier alpha value is 1.27. The Morgan fingerprint density at radius 2 is 2.25 bits per heavy atom. The van der Waals surface area contributed by atoms with Gasteiger partial charge in [-0.25, -0.2) is 4.39 Å². The van der Waals surface area contributed by atoms with Crippen LogP contribution >= 0.6 is 0 Å². The molecule has 1 unspecified atom stereocenters. The van der Waals surface area contributed by atoms with E-state index in [0.29, 0.717) is 12.6 Å². The summed E-state index contributed by atoms with van der Waals surface area (Å²) < 4.78 is 11.9. The van der Waals surface area contributed by atoms with E-state index >= 15 is 0 Å². The van der Waals surface area contributed by atoms with Gasteiger partial charge in [-0.05, 0) is 25.4 Å². The van der Waals surface area contributed by atoms with Crippen molar-refractivity contribution in [1.29, 1.82) is 0 Å². The summed E-state index contributed by atoms with van der Waals surface area (Å²) in [5.41, 5.74) is 0. The van der Waals surface area contributed by atoms with Crippen LogP contribution in [-0.4, -0.2) is 30.7 Å². The zero-order valence-corrected chi connectivity index (χ0v) is 11.2. The van der Waals surface area contributed by atoms with Crippen LogP contribution in [0, 0.1) is 14.0 Å². The van der Waals surface area contributed by atoms with E-state index < -0.39 is 0 Å². The molecule has 1 nitrogen and oxygen atoms in total. The molecule has 0 saturated carbocycles. The molecular weight excluding hydrogens is 180 g/mol. The number of likely N-dealkylation sites (tertiary alicyclic amines) is 1. The monoisotopic (exact) mass is 196 g/mol. The number of halogens is 1. The van der Waals surface area contributed by atoms with E-state index in [1.165, 1.54) is 0 Å². The maximum atomic E-state index is 11.9. The van der Waals surface area contributed by atoms with Crippen molar-refractivity contribution in [3.05, 3.63) is 20.1 Å². The van der Waals surface area contributed by atoms with Crippen molar-refractivity contribution in [2.45, 2.75) is 18.9 Å². The van der Waals surface area contributed by atoms with Gasteiger partial charge < -0.3 is 14.0 Å². The molecule has 3 heteroatoms. The van der Waals surface area contributed by atoms with Crippen LogP contribution in [-0.2, 0) is 0 Å². The van der Waals surface area contributed by atoms with Crippen LogP contribution in [0.1, 0.15) is 12.8 Å². The minimum absolute atomic E-state index is 0. The van der Waals surface area contributed by atoms with Crippen LogP contribution in [0.3, 0.4) is 0 Å². The zero-order valence-electron chi connectivity index (χ0n) is 8.09. The molecule has 66 valence electrons. The largest absolute Gasteiger partial charge is 1.00 e. The molecule has 0 bridgehead atoms. The Morgan fingerprint density at radius 3 is 2.75 bits per heavy atom. The summed E-state index contributed by atoms with van der Waals surface area (Å²) in [6.07, 6.45) is 3.91. The molecule has 1 heterocycles. The first-order valence-corrected chi connectivity index (χ1v) is 3.73. The van der Waals surface area contributed by atoms with Gasteiger partial charge in [-0.3, -0.25) is 11.0 Å². The van der Waals surface area contributed by atoms with Gasteiger partial charge in [-0.2, -0.15) is 0 Å². The maximum Gasteiger partial charge on any atom is 1.00 e. The first-order valence-electron chi connectivity index (χ1n) is 3.73. The summed E-state index contributed by atoms with van der Waals surface area (Å²) in [6, 6.07) is 0.329. The first kappa shape index (κ1) is 15.7. The van der Waals surface area contributed by atoms with Crippen molar-refractivity contribution in [2.75, 3.05) is 19.8 Å². The van der Waals surface area contributed by atoms with E-state index in [9.17, 15) is 4.39 Å². The van der Waals surface area contributed by atoms with Gasteiger partial charge >= 0.3 is 51.4 Å². The Bertz CT molecular complexity index is 119. The Morgan fingerprint density at radius 1 is 1.58 bits per heavy atom. The second-order valence-electron chi connectivity index (χ2n) is 2.63. The Balaban J connectivity index is 0. The number of nitrogens with zero attached hydrogens (tertiary/aromatic N) is 1. The molecule has 1 aliphatic rings. The van der Waals surface area contributed by atoms with Crippen molar-refractivity contribution >= 4 is 0 Å². The molecule has 0 radical (unpaired) electrons. The molecule has 1 fully saturated rings. The van der Waals surface area contributed by atoms with Gasteiger partial charge in [0.25, 0.3) is 0 Å². The van der Waals surface area contributed by atoms with Gasteiger partial charge in [0, 0.05) is 6.54 Å². The van der Waals surface area contributed by atoms with Crippen LogP contribution in [0.2, 0.25) is 0 Å². The molecule has 12 heavy (non-hydrogen) atoms. The van der Waals surface area contributed by atoms with Gasteiger partial charge in [0.05, 0.1) is 0 Å². The fourth-order valence-electron chi connectivity index (χ4n) is 1.46. The number of alkyl halides is 1. The van der Waals surface area contributed by atoms with Crippen molar-refractivity contribution in [3.8, 4) is 0 Å². The minimum atomic E-state index is -0.260. The van der Waals surface area contributed by atoms with Gasteiger partial charge in [0.15, 0.2) is 0 Å². The summed E-state index contributed by atoms with van der Waals surface area (Å²) in [5, 5.41) is 0. The second kappa shape index (κ2) is 8.85. The number of hydrogen-bond acceptors (Lipinski definition) is 1. The molecule has 0 aromatic heterocycles. The van der Waals surface area contributed by atoms with Crippen molar-refractivity contribution in [3.63, 3.8) is 0 Å².